The Morgan fingerprint density at radius 2 is 2.38 bits per heavy atom. The maximum Gasteiger partial charge on any atom is 0.165 e. The Bertz CT molecular complexity index is 335. The summed E-state index contributed by atoms with van der Waals surface area (Å²) < 4.78 is 0.677. The molecule has 3 nitrogen and oxygen atoms in total. The minimum absolute atomic E-state index is 0.481. The molecule has 0 aromatic heterocycles. The first-order valence-electron chi connectivity index (χ1n) is 3.50. The van der Waals surface area contributed by atoms with Gasteiger partial charge in [0.05, 0.1) is 4.91 Å². The van der Waals surface area contributed by atoms with Crippen LogP contribution in [0.15, 0.2) is 22.8 Å². The van der Waals surface area contributed by atoms with Gasteiger partial charge in [0, 0.05) is 6.08 Å². The summed E-state index contributed by atoms with van der Waals surface area (Å²) in [5.41, 5.74) is 0. The molecule has 0 bridgehead atoms. The zero-order valence-corrected chi connectivity index (χ0v) is 8.85. The summed E-state index contributed by atoms with van der Waals surface area (Å²) in [6, 6.07) is 0. The van der Waals surface area contributed by atoms with Gasteiger partial charge in [-0.3, -0.25) is 0 Å². The molecule has 0 amide bonds. The molecule has 13 heavy (non-hydrogen) atoms. The monoisotopic (exact) mass is 231 g/mol. The molecule has 0 spiro atoms. The first kappa shape index (κ1) is 9.14. The average molecular weight is 231 g/mol. The Balaban J connectivity index is 2.15. The van der Waals surface area contributed by atoms with E-state index < -0.39 is 0 Å². The van der Waals surface area contributed by atoms with Crippen molar-refractivity contribution in [1.29, 1.82) is 0 Å². The van der Waals surface area contributed by atoms with Crippen molar-refractivity contribution >= 4 is 45.5 Å². The lowest BCUT2D eigenvalue weighted by Crippen LogP contribution is -2.15. The largest absolute Gasteiger partial charge is 0.337 e. The van der Waals surface area contributed by atoms with E-state index in [-0.39, 0.29) is 0 Å². The number of thioether (sulfide) groups is 1. The van der Waals surface area contributed by atoms with Crippen molar-refractivity contribution in [2.75, 3.05) is 6.61 Å². The summed E-state index contributed by atoms with van der Waals surface area (Å²) >= 11 is 11.4. The van der Waals surface area contributed by atoms with E-state index in [0.717, 1.165) is 4.91 Å². The van der Waals surface area contributed by atoms with Crippen molar-refractivity contribution in [2.24, 2.45) is 0 Å². The van der Waals surface area contributed by atoms with Gasteiger partial charge in [0.1, 0.15) is 15.9 Å². The fraction of sp³-hybridized carbons (Fsp3) is 0.143. The van der Waals surface area contributed by atoms with Crippen LogP contribution in [0.5, 0.6) is 0 Å². The molecule has 0 saturated carbocycles. The van der Waals surface area contributed by atoms with Crippen molar-refractivity contribution in [3.05, 3.63) is 22.8 Å². The van der Waals surface area contributed by atoms with Gasteiger partial charge in [-0.1, -0.05) is 36.2 Å². The van der Waals surface area contributed by atoms with Crippen LogP contribution in [0.1, 0.15) is 0 Å². The molecule has 0 atom stereocenters. The number of thiocarbonyl (C=S) groups is 2. The average Bonchev–Trinajstić information content (AvgIpc) is 2.63. The van der Waals surface area contributed by atoms with Gasteiger partial charge >= 0.3 is 0 Å². The summed E-state index contributed by atoms with van der Waals surface area (Å²) in [5.74, 6) is 0.677. The first-order valence-corrected chi connectivity index (χ1v) is 5.13. The number of nitrogens with one attached hydrogen (secondary N) is 1. The molecule has 2 rings (SSSR count). The molecular formula is C7H5NO2S3. The van der Waals surface area contributed by atoms with Crippen LogP contribution >= 0.6 is 36.2 Å². The van der Waals surface area contributed by atoms with E-state index in [1.54, 1.807) is 0 Å². The molecule has 0 radical (unpaired) electrons. The fourth-order valence-corrected chi connectivity index (χ4v) is 2.34. The summed E-state index contributed by atoms with van der Waals surface area (Å²) in [5, 5.41) is 2.87. The second kappa shape index (κ2) is 3.75. The van der Waals surface area contributed by atoms with Gasteiger partial charge in [0.2, 0.25) is 0 Å². The molecule has 0 aromatic rings. The van der Waals surface area contributed by atoms with Gasteiger partial charge in [0.15, 0.2) is 5.76 Å². The minimum atomic E-state index is 0.481. The number of hydrogen-bond donors (Lipinski definition) is 1. The molecule has 1 saturated heterocycles. The molecule has 2 aliphatic heterocycles. The molecule has 2 aliphatic rings. The molecule has 1 fully saturated rings. The standard InChI is InChI=1S/C7H5NO2S3/c11-6-5(13-7(12)8-6)3-4-1-2-9-10-4/h1,3H,2H2,(H,8,11,12). The Morgan fingerprint density at radius 1 is 1.54 bits per heavy atom. The lowest BCUT2D eigenvalue weighted by molar-refractivity contribution is -0.230. The van der Waals surface area contributed by atoms with Crippen LogP contribution in [0.25, 0.3) is 0 Å². The van der Waals surface area contributed by atoms with E-state index in [9.17, 15) is 0 Å². The highest BCUT2D eigenvalue weighted by Crippen LogP contribution is 2.26. The normalized spacial score (nSPS) is 24.6. The van der Waals surface area contributed by atoms with Gasteiger partial charge in [-0.15, -0.1) is 0 Å². The van der Waals surface area contributed by atoms with Crippen LogP contribution in [-0.4, -0.2) is 15.9 Å². The van der Waals surface area contributed by atoms with E-state index in [1.165, 1.54) is 11.8 Å². The second-order valence-electron chi connectivity index (χ2n) is 2.33. The van der Waals surface area contributed by atoms with Crippen molar-refractivity contribution in [3.8, 4) is 0 Å². The van der Waals surface area contributed by atoms with E-state index >= 15 is 0 Å². The molecule has 0 aliphatic carbocycles. The molecule has 2 heterocycles. The predicted octanol–water partition coefficient (Wildman–Crippen LogP) is 1.66. The van der Waals surface area contributed by atoms with E-state index in [1.807, 2.05) is 12.2 Å². The molecule has 68 valence electrons. The Kier molecular flexibility index (Phi) is 2.63. The van der Waals surface area contributed by atoms with Crippen molar-refractivity contribution in [2.45, 2.75) is 0 Å². The number of allylic oxidation sites excluding steroid dienone is 1. The Labute approximate surface area is 90.1 Å². The van der Waals surface area contributed by atoms with E-state index in [0.29, 0.717) is 21.7 Å². The van der Waals surface area contributed by atoms with Crippen molar-refractivity contribution in [1.82, 2.24) is 5.32 Å². The van der Waals surface area contributed by atoms with Crippen LogP contribution in [0.3, 0.4) is 0 Å². The molecule has 1 N–H and O–H groups in total. The van der Waals surface area contributed by atoms with Crippen LogP contribution in [0.4, 0.5) is 0 Å². The molecule has 6 heteroatoms. The topological polar surface area (TPSA) is 30.5 Å². The molecule has 0 unspecified atom stereocenters. The summed E-state index contributed by atoms with van der Waals surface area (Å²) in [6.45, 7) is 0.481. The number of hydrogen-bond acceptors (Lipinski definition) is 5. The van der Waals surface area contributed by atoms with Crippen molar-refractivity contribution in [3.63, 3.8) is 0 Å². The summed E-state index contributed by atoms with van der Waals surface area (Å²) in [4.78, 5) is 11.1. The maximum atomic E-state index is 5.04. The predicted molar refractivity (Wildman–Crippen MR) is 59.1 cm³/mol. The van der Waals surface area contributed by atoms with Crippen LogP contribution in [0.2, 0.25) is 0 Å². The Hall–Kier alpha value is -0.430. The number of rotatable bonds is 1. The maximum absolute atomic E-state index is 5.04. The minimum Gasteiger partial charge on any atom is -0.337 e. The lowest BCUT2D eigenvalue weighted by atomic mass is 10.4. The second-order valence-corrected chi connectivity index (χ2v) is 4.45. The SMILES string of the molecule is S=C1NC(=S)C(=CC2=CCOO2)S1. The van der Waals surface area contributed by atoms with Gasteiger partial charge in [-0.2, -0.15) is 4.89 Å². The van der Waals surface area contributed by atoms with Crippen LogP contribution < -0.4 is 5.32 Å². The highest BCUT2D eigenvalue weighted by Gasteiger charge is 2.19. The van der Waals surface area contributed by atoms with Gasteiger partial charge < -0.3 is 10.2 Å². The van der Waals surface area contributed by atoms with Crippen LogP contribution in [0, 0.1) is 0 Å². The molecule has 0 aromatic carbocycles. The zero-order valence-electron chi connectivity index (χ0n) is 6.40. The first-order chi connectivity index (χ1) is 6.25. The highest BCUT2D eigenvalue weighted by atomic mass is 32.2. The van der Waals surface area contributed by atoms with E-state index in [2.05, 4.69) is 10.2 Å². The van der Waals surface area contributed by atoms with Crippen molar-refractivity contribution < 1.29 is 9.78 Å². The zero-order chi connectivity index (χ0) is 9.26. The summed E-state index contributed by atoms with van der Waals surface area (Å²) in [7, 11) is 0. The smallest absolute Gasteiger partial charge is 0.165 e. The highest BCUT2D eigenvalue weighted by molar-refractivity contribution is 8.27. The fourth-order valence-electron chi connectivity index (χ4n) is 0.885. The third-order valence-electron chi connectivity index (χ3n) is 1.42. The van der Waals surface area contributed by atoms with Gasteiger partial charge in [0.25, 0.3) is 0 Å². The quantitative estimate of drug-likeness (QED) is 0.419. The Morgan fingerprint density at radius 3 is 2.92 bits per heavy atom. The summed E-state index contributed by atoms with van der Waals surface area (Å²) in [6.07, 6.45) is 3.64. The third-order valence-corrected chi connectivity index (χ3v) is 3.06. The van der Waals surface area contributed by atoms with Crippen LogP contribution in [-0.2, 0) is 9.78 Å². The van der Waals surface area contributed by atoms with E-state index in [4.69, 9.17) is 29.3 Å². The molecular weight excluding hydrogens is 226 g/mol. The van der Waals surface area contributed by atoms with Gasteiger partial charge in [-0.25, -0.2) is 0 Å². The third kappa shape index (κ3) is 2.08. The van der Waals surface area contributed by atoms with Gasteiger partial charge in [-0.05, 0) is 6.08 Å². The lowest BCUT2D eigenvalue weighted by Gasteiger charge is -1.95.